The molecule has 1 atom stereocenters. The lowest BCUT2D eigenvalue weighted by atomic mass is 9.95. The summed E-state index contributed by atoms with van der Waals surface area (Å²) in [6.07, 6.45) is 2.96. The number of imidazole rings is 1. The van der Waals surface area contributed by atoms with E-state index >= 15 is 0 Å². The fourth-order valence-corrected chi connectivity index (χ4v) is 4.92. The number of piperidine rings is 1. The molecule has 0 unspecified atom stereocenters. The number of fused-ring (bicyclic) bond motifs is 1. The molecule has 8 nitrogen and oxygen atoms in total. The number of benzene rings is 2. The Morgan fingerprint density at radius 3 is 2.69 bits per heavy atom. The molecule has 188 valence electrons. The zero-order valence-corrected chi connectivity index (χ0v) is 20.6. The molecule has 1 N–H and O–H groups in total. The SMILES string of the molecule is CCOc1cccc(CNC(=O)C2CCN(C(=O)c3ncn4c3CO[C@H](c3ccccc3)C4)CC2)c1. The van der Waals surface area contributed by atoms with E-state index in [0.717, 1.165) is 22.6 Å². The average Bonchev–Trinajstić information content (AvgIpc) is 3.36. The van der Waals surface area contributed by atoms with Crippen molar-refractivity contribution in [1.82, 2.24) is 19.8 Å². The first-order valence-corrected chi connectivity index (χ1v) is 12.6. The predicted octanol–water partition coefficient (Wildman–Crippen LogP) is 3.72. The van der Waals surface area contributed by atoms with Gasteiger partial charge in [0.15, 0.2) is 5.69 Å². The molecule has 2 aromatic carbocycles. The van der Waals surface area contributed by atoms with Crippen LogP contribution in [0.1, 0.15) is 53.2 Å². The monoisotopic (exact) mass is 488 g/mol. The molecule has 36 heavy (non-hydrogen) atoms. The van der Waals surface area contributed by atoms with Crippen LogP contribution in [-0.2, 0) is 29.2 Å². The summed E-state index contributed by atoms with van der Waals surface area (Å²) in [5.74, 6) is 0.647. The van der Waals surface area contributed by atoms with Gasteiger partial charge in [0, 0.05) is 25.6 Å². The van der Waals surface area contributed by atoms with E-state index in [1.165, 1.54) is 0 Å². The number of hydrogen-bond acceptors (Lipinski definition) is 5. The molecule has 2 aliphatic rings. The zero-order valence-electron chi connectivity index (χ0n) is 20.6. The third-order valence-corrected chi connectivity index (χ3v) is 6.93. The Hall–Kier alpha value is -3.65. The van der Waals surface area contributed by atoms with Gasteiger partial charge in [-0.2, -0.15) is 0 Å². The van der Waals surface area contributed by atoms with E-state index in [1.54, 1.807) is 6.33 Å². The van der Waals surface area contributed by atoms with Crippen molar-refractivity contribution in [3.63, 3.8) is 0 Å². The minimum Gasteiger partial charge on any atom is -0.494 e. The summed E-state index contributed by atoms with van der Waals surface area (Å²) < 4.78 is 13.6. The van der Waals surface area contributed by atoms with Crippen LogP contribution in [0.3, 0.4) is 0 Å². The van der Waals surface area contributed by atoms with Gasteiger partial charge in [-0.1, -0.05) is 42.5 Å². The number of aromatic nitrogens is 2. The second kappa shape index (κ2) is 11.0. The highest BCUT2D eigenvalue weighted by atomic mass is 16.5. The van der Waals surface area contributed by atoms with Gasteiger partial charge >= 0.3 is 0 Å². The van der Waals surface area contributed by atoms with Gasteiger partial charge in [-0.05, 0) is 43.0 Å². The lowest BCUT2D eigenvalue weighted by Crippen LogP contribution is -2.43. The van der Waals surface area contributed by atoms with Crippen molar-refractivity contribution in [2.75, 3.05) is 19.7 Å². The summed E-state index contributed by atoms with van der Waals surface area (Å²) in [7, 11) is 0. The lowest BCUT2D eigenvalue weighted by molar-refractivity contribution is -0.126. The number of carbonyl (C=O) groups excluding carboxylic acids is 2. The molecular formula is C28H32N4O4. The Morgan fingerprint density at radius 2 is 1.92 bits per heavy atom. The molecule has 5 rings (SSSR count). The number of rotatable bonds is 7. The molecule has 0 saturated carbocycles. The molecule has 8 heteroatoms. The van der Waals surface area contributed by atoms with Gasteiger partial charge in [-0.3, -0.25) is 9.59 Å². The average molecular weight is 489 g/mol. The van der Waals surface area contributed by atoms with Crippen LogP contribution in [0.5, 0.6) is 5.75 Å². The molecular weight excluding hydrogens is 456 g/mol. The summed E-state index contributed by atoms with van der Waals surface area (Å²) in [4.78, 5) is 32.2. The van der Waals surface area contributed by atoms with Crippen LogP contribution in [0, 0.1) is 5.92 Å². The highest BCUT2D eigenvalue weighted by Crippen LogP contribution is 2.29. The number of carbonyl (C=O) groups is 2. The summed E-state index contributed by atoms with van der Waals surface area (Å²) >= 11 is 0. The minimum atomic E-state index is -0.102. The number of nitrogens with one attached hydrogen (secondary N) is 1. The summed E-state index contributed by atoms with van der Waals surface area (Å²) in [5, 5.41) is 3.04. The Balaban J connectivity index is 1.13. The quantitative estimate of drug-likeness (QED) is 0.548. The van der Waals surface area contributed by atoms with Crippen LogP contribution < -0.4 is 10.1 Å². The molecule has 2 aliphatic heterocycles. The van der Waals surface area contributed by atoms with Crippen LogP contribution in [0.2, 0.25) is 0 Å². The molecule has 1 aromatic heterocycles. The molecule has 0 spiro atoms. The van der Waals surface area contributed by atoms with Gasteiger partial charge in [-0.25, -0.2) is 4.98 Å². The second-order valence-electron chi connectivity index (χ2n) is 9.27. The van der Waals surface area contributed by atoms with Gasteiger partial charge in [0.1, 0.15) is 11.9 Å². The van der Waals surface area contributed by atoms with Crippen LogP contribution in [0.15, 0.2) is 60.9 Å². The number of hydrogen-bond donors (Lipinski definition) is 1. The topological polar surface area (TPSA) is 85.7 Å². The molecule has 3 heterocycles. The van der Waals surface area contributed by atoms with Crippen molar-refractivity contribution < 1.29 is 19.1 Å². The van der Waals surface area contributed by atoms with Gasteiger partial charge in [-0.15, -0.1) is 0 Å². The van der Waals surface area contributed by atoms with Gasteiger partial charge in [0.2, 0.25) is 5.91 Å². The summed E-state index contributed by atoms with van der Waals surface area (Å²) in [6.45, 7) is 5.08. The van der Waals surface area contributed by atoms with Gasteiger partial charge in [0.05, 0.1) is 31.8 Å². The first-order chi connectivity index (χ1) is 17.6. The van der Waals surface area contributed by atoms with Crippen molar-refractivity contribution in [3.05, 3.63) is 83.4 Å². The minimum absolute atomic E-state index is 0.0311. The van der Waals surface area contributed by atoms with E-state index in [-0.39, 0.29) is 23.8 Å². The van der Waals surface area contributed by atoms with Crippen LogP contribution in [-0.4, -0.2) is 46.0 Å². The Bertz CT molecular complexity index is 1200. The number of amides is 2. The van der Waals surface area contributed by atoms with Crippen LogP contribution in [0.4, 0.5) is 0 Å². The van der Waals surface area contributed by atoms with Crippen molar-refractivity contribution in [2.45, 2.75) is 45.6 Å². The largest absolute Gasteiger partial charge is 0.494 e. The number of nitrogens with zero attached hydrogens (tertiary/aromatic N) is 3. The van der Waals surface area contributed by atoms with Crippen LogP contribution >= 0.6 is 0 Å². The molecule has 0 aliphatic carbocycles. The maximum Gasteiger partial charge on any atom is 0.274 e. The van der Waals surface area contributed by atoms with Gasteiger partial charge < -0.3 is 24.3 Å². The third-order valence-electron chi connectivity index (χ3n) is 6.93. The fraction of sp³-hybridized carbons (Fsp3) is 0.393. The Labute approximate surface area is 211 Å². The third kappa shape index (κ3) is 5.28. The normalized spacial score (nSPS) is 17.9. The second-order valence-corrected chi connectivity index (χ2v) is 9.27. The molecule has 1 fully saturated rings. The van der Waals surface area contributed by atoms with Gasteiger partial charge in [0.25, 0.3) is 5.91 Å². The van der Waals surface area contributed by atoms with Crippen molar-refractivity contribution in [1.29, 1.82) is 0 Å². The number of likely N-dealkylation sites (tertiary alicyclic amines) is 1. The first kappa shape index (κ1) is 24.1. The molecule has 0 bridgehead atoms. The maximum atomic E-state index is 13.2. The van der Waals surface area contributed by atoms with E-state index in [1.807, 2.05) is 58.9 Å². The van der Waals surface area contributed by atoms with E-state index in [2.05, 4.69) is 22.4 Å². The standard InChI is InChI=1S/C28H32N4O4/c1-2-35-23-10-6-7-20(15-23)16-29-27(33)22-11-13-31(14-12-22)28(34)26-24-18-36-25(17-32(24)19-30-26)21-8-4-3-5-9-21/h3-10,15,19,22,25H,2,11-14,16-18H2,1H3,(H,29,33)/t25-/m0/s1. The van der Waals surface area contributed by atoms with Crippen molar-refractivity contribution >= 4 is 11.8 Å². The maximum absolute atomic E-state index is 13.2. The van der Waals surface area contributed by atoms with E-state index in [9.17, 15) is 9.59 Å². The Kier molecular flexibility index (Phi) is 7.32. The van der Waals surface area contributed by atoms with E-state index < -0.39 is 0 Å². The highest BCUT2D eigenvalue weighted by molar-refractivity contribution is 5.93. The fourth-order valence-electron chi connectivity index (χ4n) is 4.92. The predicted molar refractivity (Wildman–Crippen MR) is 134 cm³/mol. The molecule has 2 amide bonds. The molecule has 0 radical (unpaired) electrons. The zero-order chi connectivity index (χ0) is 24.9. The highest BCUT2D eigenvalue weighted by Gasteiger charge is 2.32. The van der Waals surface area contributed by atoms with Crippen molar-refractivity contribution in [3.8, 4) is 5.75 Å². The van der Waals surface area contributed by atoms with E-state index in [4.69, 9.17) is 9.47 Å². The number of ether oxygens (including phenoxy) is 2. The molecule has 1 saturated heterocycles. The Morgan fingerprint density at radius 1 is 1.11 bits per heavy atom. The van der Waals surface area contributed by atoms with Crippen molar-refractivity contribution in [2.24, 2.45) is 5.92 Å². The first-order valence-electron chi connectivity index (χ1n) is 12.6. The lowest BCUT2D eigenvalue weighted by Gasteiger charge is -2.31. The summed E-state index contributed by atoms with van der Waals surface area (Å²) in [6, 6.07) is 17.9. The smallest absolute Gasteiger partial charge is 0.274 e. The van der Waals surface area contributed by atoms with E-state index in [0.29, 0.717) is 57.9 Å². The van der Waals surface area contributed by atoms with Crippen LogP contribution in [0.25, 0.3) is 0 Å². The molecule has 3 aromatic rings. The summed E-state index contributed by atoms with van der Waals surface area (Å²) in [5.41, 5.74) is 3.40.